The maximum Gasteiger partial charge on any atom is 0.358 e. The molecular formula is C16H21ClN2O2. The van der Waals surface area contributed by atoms with Crippen LogP contribution in [0.2, 0.25) is 5.02 Å². The molecule has 3 fully saturated rings. The summed E-state index contributed by atoms with van der Waals surface area (Å²) in [5.41, 5.74) is 0.556. The standard InChI is InChI=1S/C16H21ClN2O2/c1-8-11-5-10(16(11,3)4)6-13(8)21-15(20)14-12(17)7-18-9(2)19-14/h7-8,10-11,13H,5-6H2,1-4H3/t8-,10+,11-,13+/m0/s1. The molecule has 0 radical (unpaired) electrons. The minimum Gasteiger partial charge on any atom is -0.457 e. The summed E-state index contributed by atoms with van der Waals surface area (Å²) >= 11 is 6.00. The van der Waals surface area contributed by atoms with Crippen molar-refractivity contribution < 1.29 is 9.53 Å². The maximum atomic E-state index is 12.3. The number of carbonyl (C=O) groups is 1. The molecule has 1 heterocycles. The summed E-state index contributed by atoms with van der Waals surface area (Å²) in [4.78, 5) is 20.4. The number of carbonyl (C=O) groups excluding carboxylic acids is 1. The Balaban J connectivity index is 1.73. The Hall–Kier alpha value is -1.16. The quantitative estimate of drug-likeness (QED) is 0.782. The normalized spacial score (nSPS) is 33.2. The SMILES string of the molecule is Cc1ncc(Cl)c(C(=O)O[C@@H]2C[C@H]3C[C@@H]([C@@H]2C)C3(C)C)n1. The highest BCUT2D eigenvalue weighted by atomic mass is 35.5. The Labute approximate surface area is 130 Å². The second kappa shape index (κ2) is 4.94. The molecule has 4 nitrogen and oxygen atoms in total. The van der Waals surface area contributed by atoms with Gasteiger partial charge in [-0.15, -0.1) is 0 Å². The van der Waals surface area contributed by atoms with E-state index in [1.807, 2.05) is 0 Å². The number of hydrogen-bond donors (Lipinski definition) is 0. The van der Waals surface area contributed by atoms with E-state index < -0.39 is 5.97 Å². The van der Waals surface area contributed by atoms with Gasteiger partial charge in [-0.2, -0.15) is 0 Å². The van der Waals surface area contributed by atoms with Crippen molar-refractivity contribution in [3.63, 3.8) is 0 Å². The van der Waals surface area contributed by atoms with Gasteiger partial charge in [-0.3, -0.25) is 0 Å². The average Bonchev–Trinajstić information content (AvgIpc) is 2.42. The van der Waals surface area contributed by atoms with Crippen LogP contribution in [0.1, 0.15) is 49.9 Å². The molecule has 4 atom stereocenters. The van der Waals surface area contributed by atoms with Crippen molar-refractivity contribution in [2.75, 3.05) is 0 Å². The third-order valence-corrected chi connectivity index (χ3v) is 5.88. The molecule has 2 bridgehead atoms. The molecule has 0 aromatic carbocycles. The van der Waals surface area contributed by atoms with E-state index in [0.717, 1.165) is 6.42 Å². The van der Waals surface area contributed by atoms with E-state index in [1.54, 1.807) is 6.92 Å². The fraction of sp³-hybridized carbons (Fsp3) is 0.688. The molecule has 4 rings (SSSR count). The molecule has 0 amide bonds. The van der Waals surface area contributed by atoms with Gasteiger partial charge in [-0.25, -0.2) is 14.8 Å². The number of aryl methyl sites for hydroxylation is 1. The largest absolute Gasteiger partial charge is 0.457 e. The first-order valence-corrected chi connectivity index (χ1v) is 7.88. The van der Waals surface area contributed by atoms with Crippen LogP contribution in [0.3, 0.4) is 0 Å². The van der Waals surface area contributed by atoms with Crippen LogP contribution < -0.4 is 0 Å². The molecule has 1 aromatic heterocycles. The Kier molecular flexibility index (Phi) is 3.47. The molecular weight excluding hydrogens is 288 g/mol. The Morgan fingerprint density at radius 3 is 2.76 bits per heavy atom. The first-order valence-electron chi connectivity index (χ1n) is 7.50. The van der Waals surface area contributed by atoms with Gasteiger partial charge in [-0.05, 0) is 42.9 Å². The van der Waals surface area contributed by atoms with Gasteiger partial charge < -0.3 is 4.74 Å². The van der Waals surface area contributed by atoms with Crippen molar-refractivity contribution in [2.45, 2.75) is 46.6 Å². The summed E-state index contributed by atoms with van der Waals surface area (Å²) in [5.74, 6) is 1.76. The second-order valence-electron chi connectivity index (χ2n) is 7.01. The van der Waals surface area contributed by atoms with Gasteiger partial charge in [0.05, 0.1) is 11.2 Å². The molecule has 0 spiro atoms. The molecule has 0 unspecified atom stereocenters. The van der Waals surface area contributed by atoms with Crippen molar-refractivity contribution in [3.8, 4) is 0 Å². The molecule has 114 valence electrons. The highest BCUT2D eigenvalue weighted by Crippen LogP contribution is 2.61. The van der Waals surface area contributed by atoms with Crippen molar-refractivity contribution in [3.05, 3.63) is 22.7 Å². The molecule has 0 aliphatic heterocycles. The monoisotopic (exact) mass is 308 g/mol. The predicted molar refractivity (Wildman–Crippen MR) is 80.1 cm³/mol. The second-order valence-corrected chi connectivity index (χ2v) is 7.42. The summed E-state index contributed by atoms with van der Waals surface area (Å²) < 4.78 is 5.71. The zero-order chi connectivity index (χ0) is 15.4. The van der Waals surface area contributed by atoms with Crippen molar-refractivity contribution in [1.82, 2.24) is 9.97 Å². The van der Waals surface area contributed by atoms with E-state index in [9.17, 15) is 4.79 Å². The van der Waals surface area contributed by atoms with Gasteiger partial charge in [-0.1, -0.05) is 32.4 Å². The minimum atomic E-state index is -0.429. The highest BCUT2D eigenvalue weighted by molar-refractivity contribution is 6.33. The number of aromatic nitrogens is 2. The first-order chi connectivity index (χ1) is 9.80. The number of hydrogen-bond acceptors (Lipinski definition) is 4. The number of nitrogens with zero attached hydrogens (tertiary/aromatic N) is 2. The van der Waals surface area contributed by atoms with Gasteiger partial charge in [0.25, 0.3) is 0 Å². The lowest BCUT2D eigenvalue weighted by Gasteiger charge is -2.61. The van der Waals surface area contributed by atoms with Gasteiger partial charge in [0.15, 0.2) is 5.69 Å². The molecule has 0 saturated heterocycles. The Morgan fingerprint density at radius 1 is 1.43 bits per heavy atom. The van der Waals surface area contributed by atoms with Crippen LogP contribution in [-0.2, 0) is 4.74 Å². The summed E-state index contributed by atoms with van der Waals surface area (Å²) in [5, 5.41) is 0.250. The Bertz CT molecular complexity index is 588. The molecule has 21 heavy (non-hydrogen) atoms. The van der Waals surface area contributed by atoms with E-state index in [2.05, 4.69) is 30.7 Å². The lowest BCUT2D eigenvalue weighted by atomic mass is 9.45. The lowest BCUT2D eigenvalue weighted by molar-refractivity contribution is -0.156. The lowest BCUT2D eigenvalue weighted by Crippen LogP contribution is -2.57. The number of ether oxygens (including phenoxy) is 1. The van der Waals surface area contributed by atoms with Gasteiger partial charge in [0.2, 0.25) is 0 Å². The minimum absolute atomic E-state index is 0.0272. The van der Waals surface area contributed by atoms with Crippen molar-refractivity contribution >= 4 is 17.6 Å². The fourth-order valence-corrected chi connectivity index (χ4v) is 4.22. The molecule has 5 heteroatoms. The number of halogens is 1. The van der Waals surface area contributed by atoms with Crippen LogP contribution in [0.4, 0.5) is 0 Å². The number of fused-ring (bicyclic) bond motifs is 2. The van der Waals surface area contributed by atoms with E-state index >= 15 is 0 Å². The van der Waals surface area contributed by atoms with E-state index in [-0.39, 0.29) is 16.8 Å². The summed E-state index contributed by atoms with van der Waals surface area (Å²) in [7, 11) is 0. The molecule has 3 aliphatic rings. The molecule has 3 aliphatic carbocycles. The Morgan fingerprint density at radius 2 is 2.14 bits per heavy atom. The molecule has 1 aromatic rings. The molecule has 0 N–H and O–H groups in total. The van der Waals surface area contributed by atoms with Crippen molar-refractivity contribution in [2.24, 2.45) is 23.2 Å². The summed E-state index contributed by atoms with van der Waals surface area (Å²) in [6.45, 7) is 8.57. The van der Waals surface area contributed by atoms with E-state index in [4.69, 9.17) is 16.3 Å². The van der Waals surface area contributed by atoms with E-state index in [0.29, 0.717) is 29.0 Å². The third-order valence-electron chi connectivity index (χ3n) is 5.60. The predicted octanol–water partition coefficient (Wildman–Crippen LogP) is 3.67. The average molecular weight is 309 g/mol. The number of rotatable bonds is 2. The summed E-state index contributed by atoms with van der Waals surface area (Å²) in [6, 6.07) is 0. The fourth-order valence-electron chi connectivity index (χ4n) is 4.05. The van der Waals surface area contributed by atoms with Crippen LogP contribution in [0.25, 0.3) is 0 Å². The van der Waals surface area contributed by atoms with Gasteiger partial charge in [0.1, 0.15) is 11.9 Å². The zero-order valence-corrected chi connectivity index (χ0v) is 13.6. The van der Waals surface area contributed by atoms with Crippen LogP contribution in [0.15, 0.2) is 6.20 Å². The molecule has 3 saturated carbocycles. The van der Waals surface area contributed by atoms with Crippen LogP contribution in [-0.4, -0.2) is 22.0 Å². The van der Waals surface area contributed by atoms with Crippen LogP contribution >= 0.6 is 11.6 Å². The maximum absolute atomic E-state index is 12.3. The van der Waals surface area contributed by atoms with Gasteiger partial charge >= 0.3 is 5.97 Å². The van der Waals surface area contributed by atoms with Crippen LogP contribution in [0, 0.1) is 30.1 Å². The van der Waals surface area contributed by atoms with Gasteiger partial charge in [0, 0.05) is 0 Å². The highest BCUT2D eigenvalue weighted by Gasteiger charge is 2.57. The number of esters is 1. The first kappa shape index (κ1) is 14.8. The zero-order valence-electron chi connectivity index (χ0n) is 12.9. The smallest absolute Gasteiger partial charge is 0.358 e. The van der Waals surface area contributed by atoms with E-state index in [1.165, 1.54) is 12.6 Å². The van der Waals surface area contributed by atoms with Crippen molar-refractivity contribution in [1.29, 1.82) is 0 Å². The topological polar surface area (TPSA) is 52.1 Å². The van der Waals surface area contributed by atoms with Crippen LogP contribution in [0.5, 0.6) is 0 Å². The summed E-state index contributed by atoms with van der Waals surface area (Å²) in [6.07, 6.45) is 3.62. The third kappa shape index (κ3) is 2.33.